The van der Waals surface area contributed by atoms with Crippen molar-refractivity contribution in [3.05, 3.63) is 95.8 Å². The molecule has 0 bridgehead atoms. The SMILES string of the molecule is O=C(CSc1nc(-c2ccccc2)nc2c1Cc1ccccc1O2)Nc1ccccc1F. The molecule has 0 saturated heterocycles. The number of thioether (sulfide) groups is 1. The Morgan fingerprint density at radius 2 is 1.72 bits per heavy atom. The molecule has 0 unspecified atom stereocenters. The summed E-state index contributed by atoms with van der Waals surface area (Å²) in [5.41, 5.74) is 2.89. The number of aromatic nitrogens is 2. The number of rotatable bonds is 5. The number of amides is 1. The quantitative estimate of drug-likeness (QED) is 0.278. The molecule has 0 radical (unpaired) electrons. The van der Waals surface area contributed by atoms with E-state index in [0.29, 0.717) is 23.2 Å². The maximum atomic E-state index is 13.9. The third-order valence-electron chi connectivity index (χ3n) is 5.00. The summed E-state index contributed by atoms with van der Waals surface area (Å²) in [6.07, 6.45) is 0.609. The summed E-state index contributed by atoms with van der Waals surface area (Å²) in [7, 11) is 0. The van der Waals surface area contributed by atoms with Crippen molar-refractivity contribution in [1.82, 2.24) is 9.97 Å². The smallest absolute Gasteiger partial charge is 0.234 e. The van der Waals surface area contributed by atoms with Gasteiger partial charge in [-0.3, -0.25) is 4.79 Å². The Labute approximate surface area is 188 Å². The first-order valence-electron chi connectivity index (χ1n) is 10.1. The maximum Gasteiger partial charge on any atom is 0.234 e. The highest BCUT2D eigenvalue weighted by atomic mass is 32.2. The van der Waals surface area contributed by atoms with Gasteiger partial charge in [0.25, 0.3) is 0 Å². The van der Waals surface area contributed by atoms with Crippen LogP contribution in [0.5, 0.6) is 11.6 Å². The first-order valence-corrected chi connectivity index (χ1v) is 11.1. The van der Waals surface area contributed by atoms with Crippen LogP contribution < -0.4 is 10.1 Å². The van der Waals surface area contributed by atoms with Gasteiger partial charge in [-0.2, -0.15) is 4.98 Å². The molecular weight excluding hydrogens is 425 g/mol. The second kappa shape index (κ2) is 8.80. The van der Waals surface area contributed by atoms with Crippen LogP contribution in [0.4, 0.5) is 10.1 Å². The van der Waals surface area contributed by atoms with Crippen LogP contribution in [-0.2, 0) is 11.2 Å². The van der Waals surface area contributed by atoms with E-state index in [2.05, 4.69) is 10.3 Å². The number of anilines is 1. The largest absolute Gasteiger partial charge is 0.438 e. The van der Waals surface area contributed by atoms with Gasteiger partial charge in [0, 0.05) is 12.0 Å². The Morgan fingerprint density at radius 3 is 2.56 bits per heavy atom. The average Bonchev–Trinajstić information content (AvgIpc) is 2.83. The molecule has 32 heavy (non-hydrogen) atoms. The van der Waals surface area contributed by atoms with Crippen LogP contribution in [0.25, 0.3) is 11.4 Å². The Bertz CT molecular complexity index is 1300. The normalized spacial score (nSPS) is 11.8. The highest BCUT2D eigenvalue weighted by Crippen LogP contribution is 2.40. The summed E-state index contributed by atoms with van der Waals surface area (Å²) < 4.78 is 19.9. The first kappa shape index (κ1) is 20.2. The van der Waals surface area contributed by atoms with E-state index >= 15 is 0 Å². The summed E-state index contributed by atoms with van der Waals surface area (Å²) in [5.74, 6) is 1.09. The molecule has 0 spiro atoms. The van der Waals surface area contributed by atoms with Crippen LogP contribution >= 0.6 is 11.8 Å². The van der Waals surface area contributed by atoms with Crippen LogP contribution in [0.2, 0.25) is 0 Å². The van der Waals surface area contributed by atoms with Gasteiger partial charge in [-0.1, -0.05) is 72.4 Å². The van der Waals surface area contributed by atoms with Gasteiger partial charge in [0.15, 0.2) is 5.82 Å². The Balaban J connectivity index is 1.44. The van der Waals surface area contributed by atoms with Gasteiger partial charge in [0.2, 0.25) is 11.8 Å². The molecule has 3 aromatic carbocycles. The van der Waals surface area contributed by atoms with Crippen molar-refractivity contribution in [3.8, 4) is 23.0 Å². The number of benzene rings is 3. The average molecular weight is 444 g/mol. The third-order valence-corrected chi connectivity index (χ3v) is 6.02. The van der Waals surface area contributed by atoms with Crippen molar-refractivity contribution in [3.63, 3.8) is 0 Å². The van der Waals surface area contributed by atoms with Crippen molar-refractivity contribution in [2.45, 2.75) is 11.4 Å². The lowest BCUT2D eigenvalue weighted by Gasteiger charge is -2.21. The monoisotopic (exact) mass is 443 g/mol. The Kier molecular flexibility index (Phi) is 5.56. The Hall–Kier alpha value is -3.71. The zero-order valence-electron chi connectivity index (χ0n) is 16.9. The molecule has 1 aromatic heterocycles. The van der Waals surface area contributed by atoms with Gasteiger partial charge in [0.1, 0.15) is 16.6 Å². The van der Waals surface area contributed by atoms with E-state index in [9.17, 15) is 9.18 Å². The lowest BCUT2D eigenvalue weighted by Crippen LogP contribution is -2.16. The molecule has 0 aliphatic carbocycles. The standard InChI is InChI=1S/C25H18FN3O2S/c26-19-11-5-6-12-20(19)27-22(30)15-32-25-18-14-17-10-4-7-13-21(17)31-24(18)28-23(29-25)16-8-2-1-3-9-16/h1-13H,14-15H2,(H,27,30). The fourth-order valence-electron chi connectivity index (χ4n) is 3.44. The molecule has 1 aliphatic heterocycles. The van der Waals surface area contributed by atoms with E-state index in [1.807, 2.05) is 54.6 Å². The van der Waals surface area contributed by atoms with E-state index in [1.54, 1.807) is 12.1 Å². The number of ether oxygens (including phenoxy) is 1. The zero-order chi connectivity index (χ0) is 21.9. The molecule has 5 rings (SSSR count). The van der Waals surface area contributed by atoms with Crippen LogP contribution in [0.3, 0.4) is 0 Å². The van der Waals surface area contributed by atoms with Crippen molar-refractivity contribution >= 4 is 23.4 Å². The molecule has 0 saturated carbocycles. The van der Waals surface area contributed by atoms with E-state index in [4.69, 9.17) is 9.72 Å². The number of carbonyl (C=O) groups excluding carboxylic acids is 1. The molecule has 1 aliphatic rings. The van der Waals surface area contributed by atoms with Gasteiger partial charge in [-0.25, -0.2) is 9.37 Å². The number of carbonyl (C=O) groups is 1. The minimum Gasteiger partial charge on any atom is -0.438 e. The highest BCUT2D eigenvalue weighted by Gasteiger charge is 2.24. The fourth-order valence-corrected chi connectivity index (χ4v) is 4.27. The van der Waals surface area contributed by atoms with Gasteiger partial charge >= 0.3 is 0 Å². The highest BCUT2D eigenvalue weighted by molar-refractivity contribution is 8.00. The van der Waals surface area contributed by atoms with E-state index in [0.717, 1.165) is 22.4 Å². The van der Waals surface area contributed by atoms with Gasteiger partial charge in [0.05, 0.1) is 17.0 Å². The predicted molar refractivity (Wildman–Crippen MR) is 123 cm³/mol. The maximum absolute atomic E-state index is 13.9. The van der Waals surface area contributed by atoms with Crippen LogP contribution in [-0.4, -0.2) is 21.6 Å². The number of hydrogen-bond acceptors (Lipinski definition) is 5. The van der Waals surface area contributed by atoms with Crippen LogP contribution in [0.15, 0.2) is 83.9 Å². The second-order valence-electron chi connectivity index (χ2n) is 7.21. The van der Waals surface area contributed by atoms with E-state index in [-0.39, 0.29) is 17.3 Å². The lowest BCUT2D eigenvalue weighted by atomic mass is 10.0. The molecule has 4 aromatic rings. The van der Waals surface area contributed by atoms with Gasteiger partial charge in [-0.05, 0) is 23.8 Å². The topological polar surface area (TPSA) is 64.1 Å². The molecular formula is C25H18FN3O2S. The van der Waals surface area contributed by atoms with Crippen molar-refractivity contribution in [1.29, 1.82) is 0 Å². The molecule has 0 atom stereocenters. The first-order chi connectivity index (χ1) is 15.7. The molecule has 7 heteroatoms. The molecule has 5 nitrogen and oxygen atoms in total. The third kappa shape index (κ3) is 4.20. The molecule has 1 amide bonds. The minimum absolute atomic E-state index is 0.0770. The van der Waals surface area contributed by atoms with E-state index in [1.165, 1.54) is 23.9 Å². The summed E-state index contributed by atoms with van der Waals surface area (Å²) in [4.78, 5) is 21.9. The predicted octanol–water partition coefficient (Wildman–Crippen LogP) is 5.71. The van der Waals surface area contributed by atoms with Crippen LogP contribution in [0, 0.1) is 5.82 Å². The number of halogens is 1. The summed E-state index contributed by atoms with van der Waals surface area (Å²) in [6.45, 7) is 0. The van der Waals surface area contributed by atoms with Crippen LogP contribution in [0.1, 0.15) is 11.1 Å². The summed E-state index contributed by atoms with van der Waals surface area (Å²) in [6, 6.07) is 23.5. The van der Waals surface area contributed by atoms with Gasteiger partial charge < -0.3 is 10.1 Å². The number of nitrogens with one attached hydrogen (secondary N) is 1. The number of hydrogen-bond donors (Lipinski definition) is 1. The number of nitrogens with zero attached hydrogens (tertiary/aromatic N) is 2. The van der Waals surface area contributed by atoms with E-state index < -0.39 is 5.82 Å². The second-order valence-corrected chi connectivity index (χ2v) is 8.17. The molecule has 2 heterocycles. The zero-order valence-corrected chi connectivity index (χ0v) is 17.7. The van der Waals surface area contributed by atoms with Crippen molar-refractivity contribution < 1.29 is 13.9 Å². The Morgan fingerprint density at radius 1 is 0.969 bits per heavy atom. The summed E-state index contributed by atoms with van der Waals surface area (Å²) >= 11 is 1.29. The lowest BCUT2D eigenvalue weighted by molar-refractivity contribution is -0.113. The number of para-hydroxylation sites is 2. The van der Waals surface area contributed by atoms with Crippen molar-refractivity contribution in [2.75, 3.05) is 11.1 Å². The van der Waals surface area contributed by atoms with Gasteiger partial charge in [-0.15, -0.1) is 0 Å². The minimum atomic E-state index is -0.471. The molecule has 158 valence electrons. The molecule has 0 fully saturated rings. The molecule has 1 N–H and O–H groups in total. The fraction of sp³-hybridized carbons (Fsp3) is 0.0800. The summed E-state index contributed by atoms with van der Waals surface area (Å²) in [5, 5.41) is 3.29. The number of fused-ring (bicyclic) bond motifs is 2. The van der Waals surface area contributed by atoms with Crippen molar-refractivity contribution in [2.24, 2.45) is 0 Å².